The van der Waals surface area contributed by atoms with Crippen LogP contribution in [0.1, 0.15) is 43.4 Å². The standard InChI is InChI=1S/C21H26N6O/c1-14-11-18(25-26-20(14)23-16-7-5-4-6-8-16)17-9-10-19(21(24-17)28-3)27-12-15(2)22-13-27/h9-13,16H,4-8H2,1-3H3,(H,23,26). The van der Waals surface area contributed by atoms with Crippen LogP contribution >= 0.6 is 0 Å². The Morgan fingerprint density at radius 2 is 1.89 bits per heavy atom. The van der Waals surface area contributed by atoms with Crippen molar-refractivity contribution in [2.45, 2.75) is 52.0 Å². The van der Waals surface area contributed by atoms with E-state index in [2.05, 4.69) is 32.4 Å². The Bertz CT molecular complexity index is 961. The molecule has 0 saturated heterocycles. The summed E-state index contributed by atoms with van der Waals surface area (Å²) >= 11 is 0. The van der Waals surface area contributed by atoms with Crippen molar-refractivity contribution in [2.24, 2.45) is 0 Å². The van der Waals surface area contributed by atoms with Crippen LogP contribution in [0, 0.1) is 13.8 Å². The minimum atomic E-state index is 0.503. The zero-order chi connectivity index (χ0) is 19.5. The summed E-state index contributed by atoms with van der Waals surface area (Å²) in [7, 11) is 1.62. The molecule has 7 nitrogen and oxygen atoms in total. The molecule has 146 valence electrons. The Labute approximate surface area is 165 Å². The lowest BCUT2D eigenvalue weighted by Crippen LogP contribution is -2.23. The molecule has 0 aromatic carbocycles. The van der Waals surface area contributed by atoms with Crippen LogP contribution in [-0.4, -0.2) is 37.9 Å². The molecule has 1 aliphatic carbocycles. The Morgan fingerprint density at radius 1 is 1.07 bits per heavy atom. The predicted molar refractivity (Wildman–Crippen MR) is 109 cm³/mol. The van der Waals surface area contributed by atoms with Gasteiger partial charge in [0.25, 0.3) is 0 Å². The van der Waals surface area contributed by atoms with Crippen molar-refractivity contribution >= 4 is 5.82 Å². The van der Waals surface area contributed by atoms with E-state index in [4.69, 9.17) is 4.74 Å². The van der Waals surface area contributed by atoms with Crippen molar-refractivity contribution in [1.29, 1.82) is 0 Å². The smallest absolute Gasteiger partial charge is 0.238 e. The molecule has 1 N–H and O–H groups in total. The maximum atomic E-state index is 5.51. The Morgan fingerprint density at radius 3 is 2.57 bits per heavy atom. The first-order valence-electron chi connectivity index (χ1n) is 9.81. The normalized spacial score (nSPS) is 14.8. The SMILES string of the molecule is COc1nc(-c2cc(C)c(NC3CCCCC3)nn2)ccc1-n1cnc(C)c1. The van der Waals surface area contributed by atoms with Gasteiger partial charge in [-0.15, -0.1) is 10.2 Å². The first kappa shape index (κ1) is 18.4. The average Bonchev–Trinajstić information content (AvgIpc) is 3.16. The van der Waals surface area contributed by atoms with Gasteiger partial charge in [-0.25, -0.2) is 9.97 Å². The number of imidazole rings is 1. The minimum Gasteiger partial charge on any atom is -0.479 e. The van der Waals surface area contributed by atoms with E-state index in [1.807, 2.05) is 35.9 Å². The highest BCUT2D eigenvalue weighted by atomic mass is 16.5. The molecule has 0 amide bonds. The third kappa shape index (κ3) is 3.83. The van der Waals surface area contributed by atoms with Gasteiger partial charge >= 0.3 is 0 Å². The molecule has 1 fully saturated rings. The summed E-state index contributed by atoms with van der Waals surface area (Å²) in [6, 6.07) is 6.43. The van der Waals surface area contributed by atoms with E-state index in [1.54, 1.807) is 13.4 Å². The van der Waals surface area contributed by atoms with Gasteiger partial charge < -0.3 is 14.6 Å². The molecule has 0 radical (unpaired) electrons. The largest absolute Gasteiger partial charge is 0.479 e. The lowest BCUT2D eigenvalue weighted by molar-refractivity contribution is 0.396. The van der Waals surface area contributed by atoms with E-state index in [-0.39, 0.29) is 0 Å². The maximum Gasteiger partial charge on any atom is 0.238 e. The zero-order valence-corrected chi connectivity index (χ0v) is 16.6. The fourth-order valence-electron chi connectivity index (χ4n) is 3.67. The molecule has 0 spiro atoms. The number of methoxy groups -OCH3 is 1. The molecular weight excluding hydrogens is 352 g/mol. The molecule has 1 aliphatic rings. The van der Waals surface area contributed by atoms with Crippen LogP contribution in [0.2, 0.25) is 0 Å². The molecule has 3 aromatic heterocycles. The second kappa shape index (κ2) is 7.96. The van der Waals surface area contributed by atoms with Crippen molar-refractivity contribution in [3.63, 3.8) is 0 Å². The highest BCUT2D eigenvalue weighted by Gasteiger charge is 2.16. The predicted octanol–water partition coefficient (Wildman–Crippen LogP) is 4.09. The Kier molecular flexibility index (Phi) is 5.23. The number of pyridine rings is 1. The molecule has 3 aromatic rings. The summed E-state index contributed by atoms with van der Waals surface area (Å²) < 4.78 is 7.41. The number of hydrogen-bond donors (Lipinski definition) is 1. The summed E-state index contributed by atoms with van der Waals surface area (Å²) in [6.07, 6.45) is 10.0. The number of nitrogens with zero attached hydrogens (tertiary/aromatic N) is 5. The second-order valence-corrected chi connectivity index (χ2v) is 7.39. The molecular formula is C21H26N6O. The monoisotopic (exact) mass is 378 g/mol. The van der Waals surface area contributed by atoms with Crippen molar-refractivity contribution in [3.05, 3.63) is 42.0 Å². The number of aromatic nitrogens is 5. The molecule has 1 saturated carbocycles. The van der Waals surface area contributed by atoms with Gasteiger partial charge in [0, 0.05) is 12.2 Å². The van der Waals surface area contributed by atoms with E-state index in [1.165, 1.54) is 32.1 Å². The number of anilines is 1. The summed E-state index contributed by atoms with van der Waals surface area (Å²) in [5.41, 5.74) is 4.32. The summed E-state index contributed by atoms with van der Waals surface area (Å²) in [5, 5.41) is 12.4. The molecule has 0 atom stereocenters. The molecule has 4 rings (SSSR count). The molecule has 3 heterocycles. The fourth-order valence-corrected chi connectivity index (χ4v) is 3.67. The second-order valence-electron chi connectivity index (χ2n) is 7.39. The van der Waals surface area contributed by atoms with Crippen LogP contribution < -0.4 is 10.1 Å². The van der Waals surface area contributed by atoms with E-state index in [0.717, 1.165) is 34.2 Å². The van der Waals surface area contributed by atoms with Crippen molar-refractivity contribution < 1.29 is 4.74 Å². The van der Waals surface area contributed by atoms with E-state index in [0.29, 0.717) is 11.9 Å². The van der Waals surface area contributed by atoms with Gasteiger partial charge in [0.15, 0.2) is 5.82 Å². The number of hydrogen-bond acceptors (Lipinski definition) is 6. The van der Waals surface area contributed by atoms with Gasteiger partial charge in [0.1, 0.15) is 11.4 Å². The van der Waals surface area contributed by atoms with Crippen LogP contribution in [0.5, 0.6) is 5.88 Å². The van der Waals surface area contributed by atoms with Crippen molar-refractivity contribution in [3.8, 4) is 23.0 Å². The van der Waals surface area contributed by atoms with Crippen LogP contribution in [0.3, 0.4) is 0 Å². The quantitative estimate of drug-likeness (QED) is 0.720. The Hall–Kier alpha value is -2.96. The number of ether oxygens (including phenoxy) is 1. The van der Waals surface area contributed by atoms with E-state index >= 15 is 0 Å². The molecule has 0 aliphatic heterocycles. The first-order chi connectivity index (χ1) is 13.6. The lowest BCUT2D eigenvalue weighted by Gasteiger charge is -2.23. The molecule has 28 heavy (non-hydrogen) atoms. The van der Waals surface area contributed by atoms with Gasteiger partial charge in [-0.2, -0.15) is 0 Å². The summed E-state index contributed by atoms with van der Waals surface area (Å²) in [4.78, 5) is 8.91. The topological polar surface area (TPSA) is 77.8 Å². The van der Waals surface area contributed by atoms with Crippen LogP contribution in [0.25, 0.3) is 17.1 Å². The van der Waals surface area contributed by atoms with Gasteiger partial charge in [0.2, 0.25) is 5.88 Å². The minimum absolute atomic E-state index is 0.503. The van der Waals surface area contributed by atoms with Crippen LogP contribution in [-0.2, 0) is 0 Å². The van der Waals surface area contributed by atoms with Crippen molar-refractivity contribution in [1.82, 2.24) is 24.7 Å². The van der Waals surface area contributed by atoms with Crippen LogP contribution in [0.15, 0.2) is 30.7 Å². The van der Waals surface area contributed by atoms with Crippen molar-refractivity contribution in [2.75, 3.05) is 12.4 Å². The fraction of sp³-hybridized carbons (Fsp3) is 0.429. The summed E-state index contributed by atoms with van der Waals surface area (Å²) in [5.74, 6) is 1.40. The molecule has 7 heteroatoms. The highest BCUT2D eigenvalue weighted by Crippen LogP contribution is 2.27. The molecule has 0 bridgehead atoms. The van der Waals surface area contributed by atoms with E-state index < -0.39 is 0 Å². The number of nitrogens with one attached hydrogen (secondary N) is 1. The summed E-state index contributed by atoms with van der Waals surface area (Å²) in [6.45, 7) is 4.01. The lowest BCUT2D eigenvalue weighted by atomic mass is 9.95. The zero-order valence-electron chi connectivity index (χ0n) is 16.6. The first-order valence-corrected chi connectivity index (χ1v) is 9.81. The van der Waals surface area contributed by atoms with Gasteiger partial charge in [-0.3, -0.25) is 0 Å². The van der Waals surface area contributed by atoms with E-state index in [9.17, 15) is 0 Å². The number of rotatable bonds is 5. The number of aryl methyl sites for hydroxylation is 2. The van der Waals surface area contributed by atoms with Crippen LogP contribution in [0.4, 0.5) is 5.82 Å². The van der Waals surface area contributed by atoms with Gasteiger partial charge in [-0.1, -0.05) is 19.3 Å². The van der Waals surface area contributed by atoms with Gasteiger partial charge in [-0.05, 0) is 50.5 Å². The third-order valence-corrected chi connectivity index (χ3v) is 5.22. The van der Waals surface area contributed by atoms with Gasteiger partial charge in [0.05, 0.1) is 24.8 Å². The maximum absolute atomic E-state index is 5.51. The molecule has 0 unspecified atom stereocenters. The third-order valence-electron chi connectivity index (χ3n) is 5.22. The Balaban J connectivity index is 1.59. The highest BCUT2D eigenvalue weighted by molar-refractivity contribution is 5.61. The average molecular weight is 378 g/mol.